The van der Waals surface area contributed by atoms with Gasteiger partial charge in [0.25, 0.3) is 5.91 Å². The van der Waals surface area contributed by atoms with Crippen LogP contribution < -0.4 is 0 Å². The van der Waals surface area contributed by atoms with E-state index in [4.69, 9.17) is 11.6 Å². The Morgan fingerprint density at radius 2 is 1.96 bits per heavy atom. The van der Waals surface area contributed by atoms with Gasteiger partial charge < -0.3 is 4.90 Å². The van der Waals surface area contributed by atoms with E-state index in [-0.39, 0.29) is 21.9 Å². The summed E-state index contributed by atoms with van der Waals surface area (Å²) in [5.41, 5.74) is 1.59. The summed E-state index contributed by atoms with van der Waals surface area (Å²) in [4.78, 5) is 16.5. The minimum atomic E-state index is -3.68. The number of nitrogens with zero attached hydrogens (tertiary/aromatic N) is 2. The third-order valence-corrected chi connectivity index (χ3v) is 8.98. The molecule has 0 bridgehead atoms. The van der Waals surface area contributed by atoms with Gasteiger partial charge >= 0.3 is 0 Å². The first-order valence-electron chi connectivity index (χ1n) is 9.60. The molecule has 0 radical (unpaired) electrons. The number of sulfonamides is 1. The molecule has 1 amide bonds. The van der Waals surface area contributed by atoms with Crippen LogP contribution in [0.1, 0.15) is 53.0 Å². The Kier molecular flexibility index (Phi) is 5.53. The van der Waals surface area contributed by atoms with Gasteiger partial charge in [0.05, 0.1) is 11.1 Å². The number of benzene rings is 1. The summed E-state index contributed by atoms with van der Waals surface area (Å²) in [5, 5.41) is 2.24. The molecule has 4 rings (SSSR count). The van der Waals surface area contributed by atoms with Crippen LogP contribution in [0.4, 0.5) is 0 Å². The molecule has 1 aromatic heterocycles. The summed E-state index contributed by atoms with van der Waals surface area (Å²) < 4.78 is 27.4. The first kappa shape index (κ1) is 19.9. The van der Waals surface area contributed by atoms with Crippen LogP contribution in [0.2, 0.25) is 5.02 Å². The second kappa shape index (κ2) is 7.78. The number of hydrogen-bond acceptors (Lipinski definition) is 4. The lowest BCUT2D eigenvalue weighted by atomic mass is 9.97. The molecule has 1 atom stereocenters. The molecule has 150 valence electrons. The zero-order chi connectivity index (χ0) is 19.9. The number of fused-ring (bicyclic) bond motifs is 1. The largest absolute Gasteiger partial charge is 0.331 e. The normalized spacial score (nSPS) is 20.4. The highest BCUT2D eigenvalue weighted by Crippen LogP contribution is 2.36. The van der Waals surface area contributed by atoms with Crippen molar-refractivity contribution in [2.45, 2.75) is 43.5 Å². The van der Waals surface area contributed by atoms with Crippen LogP contribution in [0, 0.1) is 0 Å². The molecule has 5 nitrogen and oxygen atoms in total. The lowest BCUT2D eigenvalue weighted by Crippen LogP contribution is -2.39. The second-order valence-electron chi connectivity index (χ2n) is 7.23. The summed E-state index contributed by atoms with van der Waals surface area (Å²) >= 11 is 7.96. The van der Waals surface area contributed by atoms with E-state index in [1.165, 1.54) is 26.9 Å². The van der Waals surface area contributed by atoms with Crippen LogP contribution in [-0.4, -0.2) is 43.2 Å². The maximum Gasteiger partial charge on any atom is 0.254 e. The lowest BCUT2D eigenvalue weighted by molar-refractivity contribution is 0.0657. The van der Waals surface area contributed by atoms with Crippen molar-refractivity contribution in [3.05, 3.63) is 50.7 Å². The Morgan fingerprint density at radius 3 is 2.68 bits per heavy atom. The molecular formula is C20H23ClN2O3S2. The van der Waals surface area contributed by atoms with Gasteiger partial charge in [0, 0.05) is 30.1 Å². The second-order valence-corrected chi connectivity index (χ2v) is 10.5. The Bertz CT molecular complexity index is 997. The average molecular weight is 439 g/mol. The van der Waals surface area contributed by atoms with Gasteiger partial charge in [-0.05, 0) is 60.9 Å². The Morgan fingerprint density at radius 1 is 1.21 bits per heavy atom. The molecule has 1 fully saturated rings. The predicted molar refractivity (Wildman–Crippen MR) is 112 cm³/mol. The van der Waals surface area contributed by atoms with Crippen molar-refractivity contribution in [1.29, 1.82) is 0 Å². The van der Waals surface area contributed by atoms with Crippen LogP contribution in [0.15, 0.2) is 34.5 Å². The van der Waals surface area contributed by atoms with E-state index in [0.717, 1.165) is 25.7 Å². The van der Waals surface area contributed by atoms with E-state index in [1.54, 1.807) is 17.4 Å². The van der Waals surface area contributed by atoms with E-state index in [0.29, 0.717) is 25.2 Å². The van der Waals surface area contributed by atoms with E-state index in [9.17, 15) is 13.2 Å². The van der Waals surface area contributed by atoms with Gasteiger partial charge in [-0.2, -0.15) is 4.31 Å². The van der Waals surface area contributed by atoms with Gasteiger partial charge in [-0.15, -0.1) is 11.3 Å². The maximum absolute atomic E-state index is 13.3. The van der Waals surface area contributed by atoms with Gasteiger partial charge in [-0.1, -0.05) is 18.5 Å². The quantitative estimate of drug-likeness (QED) is 0.713. The third-order valence-electron chi connectivity index (χ3n) is 5.60. The molecule has 28 heavy (non-hydrogen) atoms. The molecule has 1 saturated heterocycles. The minimum absolute atomic E-state index is 0.0248. The van der Waals surface area contributed by atoms with Crippen LogP contribution in [0.5, 0.6) is 0 Å². The summed E-state index contributed by atoms with van der Waals surface area (Å²) in [6.07, 6.45) is 3.36. The van der Waals surface area contributed by atoms with E-state index >= 15 is 0 Å². The van der Waals surface area contributed by atoms with E-state index in [2.05, 4.69) is 18.4 Å². The van der Waals surface area contributed by atoms with Crippen LogP contribution >= 0.6 is 22.9 Å². The van der Waals surface area contributed by atoms with Crippen molar-refractivity contribution in [1.82, 2.24) is 9.21 Å². The Labute approximate surface area is 175 Å². The molecule has 1 aromatic carbocycles. The third kappa shape index (κ3) is 3.38. The summed E-state index contributed by atoms with van der Waals surface area (Å²) in [5.74, 6) is -0.141. The van der Waals surface area contributed by atoms with Gasteiger partial charge in [-0.3, -0.25) is 4.79 Å². The predicted octanol–water partition coefficient (Wildman–Crippen LogP) is 4.34. The molecule has 3 heterocycles. The fraction of sp³-hybridized carbons (Fsp3) is 0.450. The van der Waals surface area contributed by atoms with Crippen molar-refractivity contribution in [2.75, 3.05) is 19.6 Å². The first-order valence-corrected chi connectivity index (χ1v) is 12.3. The number of carbonyl (C=O) groups is 1. The van der Waals surface area contributed by atoms with Crippen molar-refractivity contribution in [3.8, 4) is 0 Å². The molecular weight excluding hydrogens is 416 g/mol. The summed E-state index contributed by atoms with van der Waals surface area (Å²) in [7, 11) is -3.68. The smallest absolute Gasteiger partial charge is 0.254 e. The number of thiophene rings is 1. The molecule has 0 N–H and O–H groups in total. The average Bonchev–Trinajstić information content (AvgIpc) is 3.38. The van der Waals surface area contributed by atoms with Crippen molar-refractivity contribution in [3.63, 3.8) is 0 Å². The topological polar surface area (TPSA) is 57.7 Å². The van der Waals surface area contributed by atoms with Gasteiger partial charge in [0.15, 0.2) is 0 Å². The highest BCUT2D eigenvalue weighted by atomic mass is 35.5. The molecule has 2 aromatic rings. The molecule has 0 unspecified atom stereocenters. The maximum atomic E-state index is 13.3. The highest BCUT2D eigenvalue weighted by Gasteiger charge is 2.33. The van der Waals surface area contributed by atoms with Gasteiger partial charge in [-0.25, -0.2) is 8.42 Å². The Balaban J connectivity index is 1.67. The van der Waals surface area contributed by atoms with E-state index in [1.807, 2.05) is 4.90 Å². The molecule has 0 saturated carbocycles. The molecule has 2 aliphatic rings. The molecule has 2 aliphatic heterocycles. The van der Waals surface area contributed by atoms with Crippen LogP contribution in [0.25, 0.3) is 0 Å². The van der Waals surface area contributed by atoms with Crippen LogP contribution in [-0.2, 0) is 16.4 Å². The fourth-order valence-corrected chi connectivity index (χ4v) is 7.09. The SMILES string of the molecule is CC[C@H]1c2ccsc2CCN1C(=O)c1ccc(Cl)c(S(=O)(=O)N2CCCC2)c1. The number of amides is 1. The summed E-state index contributed by atoms with van der Waals surface area (Å²) in [6, 6.07) is 6.73. The zero-order valence-electron chi connectivity index (χ0n) is 15.7. The van der Waals surface area contributed by atoms with Crippen LogP contribution in [0.3, 0.4) is 0 Å². The number of halogens is 1. The molecule has 8 heteroatoms. The number of hydrogen-bond donors (Lipinski definition) is 0. The van der Waals surface area contributed by atoms with Gasteiger partial charge in [0.1, 0.15) is 4.90 Å². The number of carbonyl (C=O) groups excluding carboxylic acids is 1. The first-order chi connectivity index (χ1) is 13.4. The Hall–Kier alpha value is -1.41. The molecule has 0 aliphatic carbocycles. The fourth-order valence-electron chi connectivity index (χ4n) is 4.15. The zero-order valence-corrected chi connectivity index (χ0v) is 18.1. The lowest BCUT2D eigenvalue weighted by Gasteiger charge is -2.35. The van der Waals surface area contributed by atoms with Crippen molar-refractivity contribution >= 4 is 38.9 Å². The minimum Gasteiger partial charge on any atom is -0.331 e. The van der Waals surface area contributed by atoms with Crippen molar-refractivity contribution < 1.29 is 13.2 Å². The van der Waals surface area contributed by atoms with Crippen molar-refractivity contribution in [2.24, 2.45) is 0 Å². The standard InChI is InChI=1S/C20H23ClN2O3S2/c1-2-17-15-8-12-27-18(15)7-11-23(17)20(24)14-5-6-16(21)19(13-14)28(25,26)22-9-3-4-10-22/h5-6,8,12-13,17H,2-4,7,9-11H2,1H3/t17-/m0/s1. The molecule has 0 spiro atoms. The summed E-state index contributed by atoms with van der Waals surface area (Å²) in [6.45, 7) is 3.72. The monoisotopic (exact) mass is 438 g/mol. The highest BCUT2D eigenvalue weighted by molar-refractivity contribution is 7.89. The van der Waals surface area contributed by atoms with Gasteiger partial charge in [0.2, 0.25) is 10.0 Å². The number of rotatable bonds is 4. The van der Waals surface area contributed by atoms with E-state index < -0.39 is 10.0 Å².